The molecule has 0 saturated carbocycles. The molecular formula is C14H17ClINO4. The number of aliphatic carboxylic acids is 1. The molecule has 7 heteroatoms. The Morgan fingerprint density at radius 2 is 2.10 bits per heavy atom. The second-order valence-electron chi connectivity index (χ2n) is 4.64. The Balaban J connectivity index is 3.08. The van der Waals surface area contributed by atoms with Crippen LogP contribution in [-0.4, -0.2) is 30.1 Å². The summed E-state index contributed by atoms with van der Waals surface area (Å²) in [5.41, 5.74) is 0.220. The number of nitrogens with one attached hydrogen (secondary N) is 1. The monoisotopic (exact) mass is 425 g/mol. The molecule has 0 fully saturated rings. The molecule has 2 atom stereocenters. The highest BCUT2D eigenvalue weighted by molar-refractivity contribution is 14.1. The molecule has 1 unspecified atom stereocenters. The molecule has 0 aromatic heterocycles. The van der Waals surface area contributed by atoms with Gasteiger partial charge in [0, 0.05) is 3.57 Å². The summed E-state index contributed by atoms with van der Waals surface area (Å²) < 4.78 is 5.91. The predicted octanol–water partition coefficient (Wildman–Crippen LogP) is 3.18. The Morgan fingerprint density at radius 3 is 2.57 bits per heavy atom. The van der Waals surface area contributed by atoms with Gasteiger partial charge < -0.3 is 15.2 Å². The van der Waals surface area contributed by atoms with Crippen LogP contribution in [0.5, 0.6) is 5.75 Å². The molecule has 2 N–H and O–H groups in total. The number of methoxy groups -OCH3 is 1. The van der Waals surface area contributed by atoms with Crippen molar-refractivity contribution in [1.29, 1.82) is 0 Å². The fourth-order valence-corrected chi connectivity index (χ4v) is 2.38. The summed E-state index contributed by atoms with van der Waals surface area (Å²) in [6.07, 6.45) is 0.641. The van der Waals surface area contributed by atoms with Crippen molar-refractivity contribution in [2.45, 2.75) is 26.3 Å². The van der Waals surface area contributed by atoms with Gasteiger partial charge in [0.2, 0.25) is 0 Å². The fraction of sp³-hybridized carbons (Fsp3) is 0.429. The van der Waals surface area contributed by atoms with Crippen LogP contribution < -0.4 is 10.1 Å². The van der Waals surface area contributed by atoms with Crippen LogP contribution in [0.3, 0.4) is 0 Å². The summed E-state index contributed by atoms with van der Waals surface area (Å²) in [4.78, 5) is 23.6. The molecule has 1 rings (SSSR count). The third-order valence-electron chi connectivity index (χ3n) is 3.25. The first-order valence-electron chi connectivity index (χ1n) is 6.38. The van der Waals surface area contributed by atoms with E-state index < -0.39 is 17.9 Å². The summed E-state index contributed by atoms with van der Waals surface area (Å²) in [6, 6.07) is 2.16. The number of carbonyl (C=O) groups is 2. The summed E-state index contributed by atoms with van der Waals surface area (Å²) in [5, 5.41) is 12.2. The maximum Gasteiger partial charge on any atom is 0.326 e. The van der Waals surface area contributed by atoms with Crippen molar-refractivity contribution in [2.24, 2.45) is 5.92 Å². The molecule has 0 bridgehead atoms. The van der Waals surface area contributed by atoms with Crippen molar-refractivity contribution < 1.29 is 19.4 Å². The van der Waals surface area contributed by atoms with Crippen LogP contribution in [0.4, 0.5) is 0 Å². The number of hydrogen-bond donors (Lipinski definition) is 2. The van der Waals surface area contributed by atoms with Gasteiger partial charge in [-0.25, -0.2) is 4.79 Å². The molecular weight excluding hydrogens is 409 g/mol. The van der Waals surface area contributed by atoms with Gasteiger partial charge in [0.25, 0.3) is 5.91 Å². The van der Waals surface area contributed by atoms with Crippen LogP contribution in [0.15, 0.2) is 12.1 Å². The van der Waals surface area contributed by atoms with E-state index in [4.69, 9.17) is 16.3 Å². The molecule has 0 saturated heterocycles. The van der Waals surface area contributed by atoms with E-state index in [9.17, 15) is 14.7 Å². The molecule has 0 aliphatic carbocycles. The van der Waals surface area contributed by atoms with Crippen molar-refractivity contribution >= 4 is 46.1 Å². The molecule has 1 aromatic carbocycles. The normalized spacial score (nSPS) is 13.4. The first-order chi connectivity index (χ1) is 9.81. The lowest BCUT2D eigenvalue weighted by Gasteiger charge is -2.21. The summed E-state index contributed by atoms with van der Waals surface area (Å²) >= 11 is 8.04. The maximum atomic E-state index is 12.3. The summed E-state index contributed by atoms with van der Waals surface area (Å²) in [7, 11) is 1.44. The Bertz CT molecular complexity index is 550. The van der Waals surface area contributed by atoms with E-state index in [-0.39, 0.29) is 11.5 Å². The zero-order valence-corrected chi connectivity index (χ0v) is 14.9. The Hall–Kier alpha value is -1.02. The third-order valence-corrected chi connectivity index (χ3v) is 4.78. The van der Waals surface area contributed by atoms with Gasteiger partial charge in [-0.15, -0.1) is 0 Å². The van der Waals surface area contributed by atoms with Gasteiger partial charge in [-0.3, -0.25) is 4.79 Å². The minimum atomic E-state index is -1.06. The van der Waals surface area contributed by atoms with Gasteiger partial charge in [0.05, 0.1) is 17.7 Å². The minimum absolute atomic E-state index is 0.184. The van der Waals surface area contributed by atoms with E-state index in [1.165, 1.54) is 13.2 Å². The number of carboxylic acid groups (broad SMARTS) is 1. The topological polar surface area (TPSA) is 75.6 Å². The standard InChI is InChI=1S/C14H17ClINO4/c1-4-7(2)12(14(19)20)17-13(18)8-5-9(15)10(16)6-11(8)21-3/h5-7,12H,4H2,1-3H3,(H,17,18)(H,19,20)/t7?,12-/m0/s1. The SMILES string of the molecule is CCC(C)[C@H](NC(=O)c1cc(Cl)c(I)cc1OC)C(=O)O. The van der Waals surface area contributed by atoms with Crippen molar-refractivity contribution in [3.8, 4) is 5.75 Å². The lowest BCUT2D eigenvalue weighted by molar-refractivity contribution is -0.140. The molecule has 0 aliphatic rings. The highest BCUT2D eigenvalue weighted by Crippen LogP contribution is 2.28. The average molecular weight is 426 g/mol. The van der Waals surface area contributed by atoms with Crippen LogP contribution in [0.1, 0.15) is 30.6 Å². The van der Waals surface area contributed by atoms with E-state index >= 15 is 0 Å². The smallest absolute Gasteiger partial charge is 0.326 e. The second-order valence-corrected chi connectivity index (χ2v) is 6.21. The Morgan fingerprint density at radius 1 is 1.48 bits per heavy atom. The number of amides is 1. The van der Waals surface area contributed by atoms with Crippen molar-refractivity contribution in [2.75, 3.05) is 7.11 Å². The van der Waals surface area contributed by atoms with Crippen LogP contribution in [0, 0.1) is 9.49 Å². The fourth-order valence-electron chi connectivity index (χ4n) is 1.78. The number of benzene rings is 1. The highest BCUT2D eigenvalue weighted by Gasteiger charge is 2.27. The van der Waals surface area contributed by atoms with Gasteiger partial charge in [-0.2, -0.15) is 0 Å². The zero-order chi connectivity index (χ0) is 16.2. The first kappa shape index (κ1) is 18.0. The van der Waals surface area contributed by atoms with Crippen LogP contribution in [0.25, 0.3) is 0 Å². The molecule has 1 amide bonds. The lowest BCUT2D eigenvalue weighted by atomic mass is 9.99. The molecule has 0 aliphatic heterocycles. The average Bonchev–Trinajstić information content (AvgIpc) is 2.45. The van der Waals surface area contributed by atoms with Gasteiger partial charge in [-0.1, -0.05) is 31.9 Å². The first-order valence-corrected chi connectivity index (χ1v) is 7.84. The van der Waals surface area contributed by atoms with Crippen LogP contribution >= 0.6 is 34.2 Å². The van der Waals surface area contributed by atoms with Gasteiger partial charge in [0.1, 0.15) is 11.8 Å². The van der Waals surface area contributed by atoms with E-state index in [0.717, 1.165) is 3.57 Å². The number of ether oxygens (including phenoxy) is 1. The number of carbonyl (C=O) groups excluding carboxylic acids is 1. The number of halogens is 2. The van der Waals surface area contributed by atoms with Crippen molar-refractivity contribution in [3.05, 3.63) is 26.3 Å². The summed E-state index contributed by atoms with van der Waals surface area (Å²) in [6.45, 7) is 3.65. The van der Waals surface area contributed by atoms with E-state index in [1.807, 2.05) is 29.5 Å². The maximum absolute atomic E-state index is 12.3. The number of carboxylic acids is 1. The third kappa shape index (κ3) is 4.47. The van der Waals surface area contributed by atoms with Crippen molar-refractivity contribution in [1.82, 2.24) is 5.32 Å². The van der Waals surface area contributed by atoms with Gasteiger partial charge in [-0.05, 0) is 40.6 Å². The molecule has 5 nitrogen and oxygen atoms in total. The quantitative estimate of drug-likeness (QED) is 0.687. The van der Waals surface area contributed by atoms with E-state index in [1.54, 1.807) is 13.0 Å². The van der Waals surface area contributed by atoms with Crippen molar-refractivity contribution in [3.63, 3.8) is 0 Å². The lowest BCUT2D eigenvalue weighted by Crippen LogP contribution is -2.45. The molecule has 116 valence electrons. The van der Waals surface area contributed by atoms with Gasteiger partial charge >= 0.3 is 5.97 Å². The largest absolute Gasteiger partial charge is 0.496 e. The Labute approximate surface area is 142 Å². The number of rotatable bonds is 6. The number of hydrogen-bond acceptors (Lipinski definition) is 3. The van der Waals surface area contributed by atoms with E-state index in [2.05, 4.69) is 5.32 Å². The molecule has 1 aromatic rings. The molecule has 21 heavy (non-hydrogen) atoms. The summed E-state index contributed by atoms with van der Waals surface area (Å²) in [5.74, 6) is -1.41. The predicted molar refractivity (Wildman–Crippen MR) is 89.1 cm³/mol. The van der Waals surface area contributed by atoms with Crippen LogP contribution in [0.2, 0.25) is 5.02 Å². The second kappa shape index (κ2) is 7.84. The highest BCUT2D eigenvalue weighted by atomic mass is 127. The van der Waals surface area contributed by atoms with E-state index in [0.29, 0.717) is 17.2 Å². The van der Waals surface area contributed by atoms with Gasteiger partial charge in [0.15, 0.2) is 0 Å². The van der Waals surface area contributed by atoms with Crippen LogP contribution in [-0.2, 0) is 4.79 Å². The molecule has 0 heterocycles. The molecule has 0 radical (unpaired) electrons. The minimum Gasteiger partial charge on any atom is -0.496 e. The molecule has 0 spiro atoms. The zero-order valence-electron chi connectivity index (χ0n) is 11.9. The Kier molecular flexibility index (Phi) is 6.73.